The van der Waals surface area contributed by atoms with Crippen LogP contribution >= 0.6 is 0 Å². The number of rotatable bonds is 7. The lowest BCUT2D eigenvalue weighted by Crippen LogP contribution is -2.29. The number of benzene rings is 2. The highest BCUT2D eigenvalue weighted by Crippen LogP contribution is 2.30. The molecule has 0 saturated heterocycles. The summed E-state index contributed by atoms with van der Waals surface area (Å²) in [6, 6.07) is 19.0. The minimum absolute atomic E-state index is 0.112. The highest BCUT2D eigenvalue weighted by Gasteiger charge is 2.21. The molecule has 6 aromatic rings. The van der Waals surface area contributed by atoms with E-state index < -0.39 is 10.2 Å². The fraction of sp³-hybridized carbons (Fsp3) is 0.115. The number of anilines is 1. The third kappa shape index (κ3) is 4.48. The number of nitriles is 1. The van der Waals surface area contributed by atoms with Crippen LogP contribution in [0.15, 0.2) is 73.2 Å². The SMILES string of the molecule is CN(C)S(=O)(=O)Nc1nn(-c2ccc3cn[nH]c3c2)c2cc(-c3ccnn3Cc3ccc(C#N)cc3)cnc12. The summed E-state index contributed by atoms with van der Waals surface area (Å²) in [5.74, 6) is 0.112. The quantitative estimate of drug-likeness (QED) is 0.316. The van der Waals surface area contributed by atoms with Crippen LogP contribution in [0, 0.1) is 11.3 Å². The monoisotopic (exact) mass is 538 g/mol. The van der Waals surface area contributed by atoms with Crippen LogP contribution < -0.4 is 4.72 Å². The normalized spacial score (nSPS) is 11.8. The fourth-order valence-electron chi connectivity index (χ4n) is 4.24. The summed E-state index contributed by atoms with van der Waals surface area (Å²) in [4.78, 5) is 4.62. The van der Waals surface area contributed by atoms with Gasteiger partial charge < -0.3 is 0 Å². The highest BCUT2D eigenvalue weighted by molar-refractivity contribution is 7.90. The number of hydrogen-bond acceptors (Lipinski definition) is 7. The van der Waals surface area contributed by atoms with E-state index in [1.165, 1.54) is 14.1 Å². The fourth-order valence-corrected chi connectivity index (χ4v) is 4.80. The number of fused-ring (bicyclic) bond motifs is 2. The first-order valence-corrected chi connectivity index (χ1v) is 13.3. The van der Waals surface area contributed by atoms with Crippen molar-refractivity contribution in [2.75, 3.05) is 18.8 Å². The zero-order valence-corrected chi connectivity index (χ0v) is 21.8. The van der Waals surface area contributed by atoms with Crippen molar-refractivity contribution in [2.24, 2.45) is 0 Å². The van der Waals surface area contributed by atoms with E-state index in [4.69, 9.17) is 5.26 Å². The molecule has 0 bridgehead atoms. The van der Waals surface area contributed by atoms with E-state index in [9.17, 15) is 8.42 Å². The molecule has 4 aromatic heterocycles. The van der Waals surface area contributed by atoms with Crippen LogP contribution in [-0.2, 0) is 16.8 Å². The molecule has 4 heterocycles. The zero-order valence-electron chi connectivity index (χ0n) is 20.9. The summed E-state index contributed by atoms with van der Waals surface area (Å²) in [5.41, 5.74) is 5.71. The Bertz CT molecular complexity index is 1980. The van der Waals surface area contributed by atoms with Gasteiger partial charge in [-0.25, -0.2) is 9.67 Å². The molecule has 0 aliphatic rings. The maximum Gasteiger partial charge on any atom is 0.302 e. The number of hydrogen-bond donors (Lipinski definition) is 2. The molecule has 39 heavy (non-hydrogen) atoms. The standard InChI is InChI=1S/C26H22N10O2S/c1-34(2)39(37,38)33-26-25-24(36(32-26)21-8-7-19-15-29-31-22(19)12-21)11-20(14-28-25)23-9-10-30-35(23)16-18-5-3-17(13-27)4-6-18/h3-12,14-15H,16H2,1-2H3,(H,29,31)(H,32,33). The Morgan fingerprint density at radius 1 is 1.08 bits per heavy atom. The van der Waals surface area contributed by atoms with Crippen molar-refractivity contribution in [1.82, 2.24) is 39.0 Å². The first-order valence-electron chi connectivity index (χ1n) is 11.9. The minimum Gasteiger partial charge on any atom is -0.278 e. The number of aromatic amines is 1. The number of aromatic nitrogens is 7. The topological polar surface area (TPSA) is 150 Å². The van der Waals surface area contributed by atoms with Crippen molar-refractivity contribution in [3.8, 4) is 23.0 Å². The maximum absolute atomic E-state index is 12.6. The lowest BCUT2D eigenvalue weighted by Gasteiger charge is -2.11. The Kier molecular flexibility index (Phi) is 5.82. The van der Waals surface area contributed by atoms with Crippen molar-refractivity contribution in [2.45, 2.75) is 6.54 Å². The third-order valence-corrected chi connectivity index (χ3v) is 7.74. The van der Waals surface area contributed by atoms with Gasteiger partial charge in [-0.1, -0.05) is 12.1 Å². The molecule has 0 aliphatic heterocycles. The molecule has 12 nitrogen and oxygen atoms in total. The summed E-state index contributed by atoms with van der Waals surface area (Å²) in [5, 5.41) is 26.1. The summed E-state index contributed by atoms with van der Waals surface area (Å²) >= 11 is 0. The number of H-pyrrole nitrogens is 1. The number of pyridine rings is 1. The van der Waals surface area contributed by atoms with Gasteiger partial charge in [0.2, 0.25) is 0 Å². The van der Waals surface area contributed by atoms with Crippen LogP contribution in [-0.4, -0.2) is 61.6 Å². The largest absolute Gasteiger partial charge is 0.302 e. The molecular formula is C26H22N10O2S. The second-order valence-electron chi connectivity index (χ2n) is 9.07. The van der Waals surface area contributed by atoms with Gasteiger partial charge in [0.1, 0.15) is 5.52 Å². The molecule has 13 heteroatoms. The summed E-state index contributed by atoms with van der Waals surface area (Å²) < 4.78 is 32.4. The maximum atomic E-state index is 12.6. The van der Waals surface area contributed by atoms with Crippen molar-refractivity contribution in [3.05, 3.63) is 84.3 Å². The van der Waals surface area contributed by atoms with Crippen LogP contribution in [0.3, 0.4) is 0 Å². The Hall–Kier alpha value is -5.06. The second-order valence-corrected chi connectivity index (χ2v) is 11.0. The van der Waals surface area contributed by atoms with Gasteiger partial charge in [0, 0.05) is 37.4 Å². The van der Waals surface area contributed by atoms with Crippen molar-refractivity contribution in [3.63, 3.8) is 0 Å². The third-order valence-electron chi connectivity index (χ3n) is 6.32. The smallest absolute Gasteiger partial charge is 0.278 e. The molecule has 2 N–H and O–H groups in total. The van der Waals surface area contributed by atoms with Crippen molar-refractivity contribution in [1.29, 1.82) is 5.26 Å². The summed E-state index contributed by atoms with van der Waals surface area (Å²) in [6.45, 7) is 0.496. The van der Waals surface area contributed by atoms with Crippen molar-refractivity contribution >= 4 is 38.0 Å². The predicted octanol–water partition coefficient (Wildman–Crippen LogP) is 3.30. The van der Waals surface area contributed by atoms with Gasteiger partial charge in [0.05, 0.1) is 46.8 Å². The molecule has 2 aromatic carbocycles. The van der Waals surface area contributed by atoms with Gasteiger partial charge in [-0.15, -0.1) is 5.10 Å². The average Bonchev–Trinajstić information content (AvgIpc) is 3.67. The molecular weight excluding hydrogens is 516 g/mol. The first-order chi connectivity index (χ1) is 18.8. The van der Waals surface area contributed by atoms with Crippen LogP contribution in [0.25, 0.3) is 38.9 Å². The Balaban J connectivity index is 1.47. The van der Waals surface area contributed by atoms with E-state index in [1.807, 2.05) is 47.1 Å². The van der Waals surface area contributed by atoms with E-state index in [-0.39, 0.29) is 5.82 Å². The molecule has 0 atom stereocenters. The second kappa shape index (κ2) is 9.35. The molecule has 0 aliphatic carbocycles. The summed E-state index contributed by atoms with van der Waals surface area (Å²) in [6.07, 6.45) is 5.11. The van der Waals surface area contributed by atoms with Crippen molar-refractivity contribution < 1.29 is 8.42 Å². The number of nitrogens with one attached hydrogen (secondary N) is 2. The summed E-state index contributed by atoms with van der Waals surface area (Å²) in [7, 11) is -0.942. The zero-order chi connectivity index (χ0) is 27.1. The van der Waals surface area contributed by atoms with E-state index in [0.717, 1.165) is 32.0 Å². The van der Waals surface area contributed by atoms with Gasteiger partial charge >= 0.3 is 10.2 Å². The van der Waals surface area contributed by atoms with E-state index in [2.05, 4.69) is 36.2 Å². The van der Waals surface area contributed by atoms with E-state index in [0.29, 0.717) is 28.8 Å². The van der Waals surface area contributed by atoms with Gasteiger partial charge in [-0.2, -0.15) is 28.2 Å². The Labute approximate surface area is 223 Å². The highest BCUT2D eigenvalue weighted by atomic mass is 32.2. The van der Waals surface area contributed by atoms with Gasteiger partial charge in [0.15, 0.2) is 5.82 Å². The molecule has 0 amide bonds. The lowest BCUT2D eigenvalue weighted by atomic mass is 10.1. The van der Waals surface area contributed by atoms with Gasteiger partial charge in [-0.05, 0) is 48.0 Å². The Morgan fingerprint density at radius 2 is 1.90 bits per heavy atom. The van der Waals surface area contributed by atoms with E-state index in [1.54, 1.807) is 35.4 Å². The lowest BCUT2D eigenvalue weighted by molar-refractivity contribution is 0.526. The van der Waals surface area contributed by atoms with Crippen LogP contribution in [0.4, 0.5) is 5.82 Å². The Morgan fingerprint density at radius 3 is 2.67 bits per heavy atom. The minimum atomic E-state index is -3.82. The molecule has 0 radical (unpaired) electrons. The predicted molar refractivity (Wildman–Crippen MR) is 146 cm³/mol. The molecule has 194 valence electrons. The van der Waals surface area contributed by atoms with Gasteiger partial charge in [-0.3, -0.25) is 14.5 Å². The molecule has 0 fully saturated rings. The van der Waals surface area contributed by atoms with Gasteiger partial charge in [0.25, 0.3) is 0 Å². The number of nitrogens with zero attached hydrogens (tertiary/aromatic N) is 8. The molecule has 0 unspecified atom stereocenters. The van der Waals surface area contributed by atoms with E-state index >= 15 is 0 Å². The molecule has 0 spiro atoms. The van der Waals surface area contributed by atoms with Crippen LogP contribution in [0.5, 0.6) is 0 Å². The van der Waals surface area contributed by atoms with Crippen LogP contribution in [0.1, 0.15) is 11.1 Å². The molecule has 6 rings (SSSR count). The average molecular weight is 539 g/mol. The van der Waals surface area contributed by atoms with Crippen LogP contribution in [0.2, 0.25) is 0 Å². The molecule has 0 saturated carbocycles. The first kappa shape index (κ1) is 24.3.